The van der Waals surface area contributed by atoms with Gasteiger partial charge in [0, 0.05) is 12.3 Å². The first-order valence-corrected chi connectivity index (χ1v) is 4.89. The molecule has 70 valence electrons. The molecule has 2 heteroatoms. The van der Waals surface area contributed by atoms with Gasteiger partial charge in [0.1, 0.15) is 6.29 Å². The Hall–Kier alpha value is -0.300. The minimum Gasteiger partial charge on any atom is -0.303 e. The Morgan fingerprint density at radius 3 is 2.75 bits per heavy atom. The van der Waals surface area contributed by atoms with Crippen molar-refractivity contribution in [2.24, 2.45) is 5.92 Å². The molecule has 0 N–H and O–H groups in total. The largest absolute Gasteiger partial charge is 0.303 e. The van der Waals surface area contributed by atoms with Crippen LogP contribution in [0.5, 0.6) is 0 Å². The molecule has 0 rings (SSSR count). The summed E-state index contributed by atoms with van der Waals surface area (Å²) in [6, 6.07) is 0. The summed E-state index contributed by atoms with van der Waals surface area (Å²) in [6.07, 6.45) is 5.92. The molecule has 0 spiro atoms. The third-order valence-corrected chi connectivity index (χ3v) is 2.28. The topological polar surface area (TPSA) is 17.1 Å². The van der Waals surface area contributed by atoms with Gasteiger partial charge >= 0.3 is 0 Å². The van der Waals surface area contributed by atoms with Gasteiger partial charge in [0.15, 0.2) is 0 Å². The van der Waals surface area contributed by atoms with Gasteiger partial charge in [0.25, 0.3) is 0 Å². The van der Waals surface area contributed by atoms with Crippen LogP contribution in [-0.2, 0) is 4.79 Å². The number of carbonyl (C=O) groups is 1. The van der Waals surface area contributed by atoms with E-state index in [1.165, 1.54) is 5.57 Å². The smallest absolute Gasteiger partial charge is 0.120 e. The van der Waals surface area contributed by atoms with Crippen LogP contribution in [0.4, 0.5) is 0 Å². The van der Waals surface area contributed by atoms with Crippen LogP contribution >= 0.6 is 11.6 Å². The predicted molar refractivity (Wildman–Crippen MR) is 53.6 cm³/mol. The zero-order valence-electron chi connectivity index (χ0n) is 7.85. The Morgan fingerprint density at radius 1 is 1.58 bits per heavy atom. The van der Waals surface area contributed by atoms with Crippen molar-refractivity contribution in [3.63, 3.8) is 0 Å². The molecule has 1 nitrogen and oxygen atoms in total. The molecule has 0 heterocycles. The number of halogens is 1. The zero-order chi connectivity index (χ0) is 9.40. The fourth-order valence-corrected chi connectivity index (χ4v) is 1.06. The summed E-state index contributed by atoms with van der Waals surface area (Å²) in [5.74, 6) is 1.11. The molecule has 0 radical (unpaired) electrons. The van der Waals surface area contributed by atoms with Gasteiger partial charge in [-0.1, -0.05) is 18.6 Å². The Bertz CT molecular complexity index is 152. The van der Waals surface area contributed by atoms with E-state index in [0.717, 1.165) is 19.1 Å². The first kappa shape index (κ1) is 11.7. The van der Waals surface area contributed by atoms with E-state index in [1.807, 2.05) is 6.92 Å². The molecule has 0 saturated carbocycles. The average molecular weight is 189 g/mol. The van der Waals surface area contributed by atoms with Crippen LogP contribution in [0, 0.1) is 5.92 Å². The lowest BCUT2D eigenvalue weighted by molar-refractivity contribution is -0.108. The second-order valence-corrected chi connectivity index (χ2v) is 3.54. The molecule has 0 aliphatic rings. The minimum atomic E-state index is 0.502. The second-order valence-electron chi connectivity index (χ2n) is 3.27. The van der Waals surface area contributed by atoms with Crippen LogP contribution in [0.15, 0.2) is 11.6 Å². The Kier molecular flexibility index (Phi) is 7.17. The van der Waals surface area contributed by atoms with E-state index in [1.54, 1.807) is 0 Å². The third kappa shape index (κ3) is 6.41. The van der Waals surface area contributed by atoms with E-state index in [9.17, 15) is 4.79 Å². The predicted octanol–water partition coefficient (Wildman–Crippen LogP) is 3.18. The lowest BCUT2D eigenvalue weighted by Crippen LogP contribution is -1.94. The summed E-state index contributed by atoms with van der Waals surface area (Å²) >= 11 is 5.60. The minimum absolute atomic E-state index is 0.502. The van der Waals surface area contributed by atoms with Gasteiger partial charge in [-0.3, -0.25) is 0 Å². The molecule has 0 aromatic heterocycles. The van der Waals surface area contributed by atoms with Gasteiger partial charge in [-0.15, -0.1) is 11.6 Å². The quantitative estimate of drug-likeness (QED) is 0.356. The first-order valence-electron chi connectivity index (χ1n) is 4.36. The van der Waals surface area contributed by atoms with E-state index < -0.39 is 0 Å². The highest BCUT2D eigenvalue weighted by Gasteiger charge is 1.98. The van der Waals surface area contributed by atoms with Crippen molar-refractivity contribution < 1.29 is 4.79 Å². The van der Waals surface area contributed by atoms with Gasteiger partial charge in [0.05, 0.1) is 0 Å². The van der Waals surface area contributed by atoms with Gasteiger partial charge in [0.2, 0.25) is 0 Å². The second kappa shape index (κ2) is 7.35. The highest BCUT2D eigenvalue weighted by atomic mass is 35.5. The maximum atomic E-state index is 10.1. The highest BCUT2D eigenvalue weighted by Crippen LogP contribution is 2.10. The standard InChI is InChI=1S/C10H17ClO/c1-9(6-7-12)4-3-5-10(2)8-11/h5,7,9H,3-4,6,8H2,1-2H3/b10-5+/t9-/m1/s1. The van der Waals surface area contributed by atoms with E-state index >= 15 is 0 Å². The number of hydrogen-bond acceptors (Lipinski definition) is 1. The molecule has 0 aliphatic heterocycles. The maximum Gasteiger partial charge on any atom is 0.120 e. The molecule has 0 aromatic carbocycles. The molecular weight excluding hydrogens is 172 g/mol. The summed E-state index contributed by atoms with van der Waals surface area (Å²) in [6.45, 7) is 4.12. The van der Waals surface area contributed by atoms with Crippen molar-refractivity contribution in [2.75, 3.05) is 5.88 Å². The Labute approximate surface area is 79.8 Å². The molecule has 0 aliphatic carbocycles. The molecular formula is C10H17ClO. The summed E-state index contributed by atoms with van der Waals surface area (Å²) < 4.78 is 0. The zero-order valence-corrected chi connectivity index (χ0v) is 8.60. The number of allylic oxidation sites excluding steroid dienone is 2. The van der Waals surface area contributed by atoms with Crippen molar-refractivity contribution in [1.29, 1.82) is 0 Å². The average Bonchev–Trinajstić information content (AvgIpc) is 2.04. The monoisotopic (exact) mass is 188 g/mol. The lowest BCUT2D eigenvalue weighted by atomic mass is 10.0. The molecule has 12 heavy (non-hydrogen) atoms. The van der Waals surface area contributed by atoms with E-state index in [2.05, 4.69) is 13.0 Å². The van der Waals surface area contributed by atoms with Crippen LogP contribution in [0.2, 0.25) is 0 Å². The molecule has 0 saturated heterocycles. The highest BCUT2D eigenvalue weighted by molar-refractivity contribution is 6.19. The van der Waals surface area contributed by atoms with E-state index in [4.69, 9.17) is 11.6 Å². The summed E-state index contributed by atoms with van der Waals surface area (Å²) in [5, 5.41) is 0. The molecule has 0 aromatic rings. The summed E-state index contributed by atoms with van der Waals surface area (Å²) in [7, 11) is 0. The number of aldehydes is 1. The van der Waals surface area contributed by atoms with Gasteiger partial charge in [-0.05, 0) is 25.7 Å². The van der Waals surface area contributed by atoms with E-state index in [0.29, 0.717) is 18.2 Å². The molecule has 1 atom stereocenters. The molecule has 0 unspecified atom stereocenters. The van der Waals surface area contributed by atoms with Gasteiger partial charge in [-0.25, -0.2) is 0 Å². The number of alkyl halides is 1. The lowest BCUT2D eigenvalue weighted by Gasteiger charge is -2.04. The van der Waals surface area contributed by atoms with Crippen molar-refractivity contribution >= 4 is 17.9 Å². The number of carbonyl (C=O) groups excluding carboxylic acids is 1. The van der Waals surface area contributed by atoms with Crippen LogP contribution in [0.3, 0.4) is 0 Å². The van der Waals surface area contributed by atoms with Crippen LogP contribution < -0.4 is 0 Å². The van der Waals surface area contributed by atoms with E-state index in [-0.39, 0.29) is 0 Å². The fourth-order valence-electron chi connectivity index (χ4n) is 0.951. The Balaban J connectivity index is 3.47. The van der Waals surface area contributed by atoms with Crippen molar-refractivity contribution in [2.45, 2.75) is 33.1 Å². The third-order valence-electron chi connectivity index (χ3n) is 1.86. The molecule has 0 bridgehead atoms. The van der Waals surface area contributed by atoms with Crippen molar-refractivity contribution in [3.05, 3.63) is 11.6 Å². The summed E-state index contributed by atoms with van der Waals surface area (Å²) in [4.78, 5) is 10.1. The molecule has 0 fully saturated rings. The number of rotatable bonds is 6. The Morgan fingerprint density at radius 2 is 2.25 bits per heavy atom. The maximum absolute atomic E-state index is 10.1. The van der Waals surface area contributed by atoms with Gasteiger partial charge in [-0.2, -0.15) is 0 Å². The van der Waals surface area contributed by atoms with Gasteiger partial charge < -0.3 is 4.79 Å². The molecule has 0 amide bonds. The fraction of sp³-hybridized carbons (Fsp3) is 0.700. The van der Waals surface area contributed by atoms with Crippen LogP contribution in [-0.4, -0.2) is 12.2 Å². The van der Waals surface area contributed by atoms with Crippen molar-refractivity contribution in [1.82, 2.24) is 0 Å². The van der Waals surface area contributed by atoms with Crippen LogP contribution in [0.25, 0.3) is 0 Å². The summed E-state index contributed by atoms with van der Waals surface area (Å²) in [5.41, 5.74) is 1.22. The van der Waals surface area contributed by atoms with Crippen LogP contribution in [0.1, 0.15) is 33.1 Å². The number of hydrogen-bond donors (Lipinski definition) is 0. The SMILES string of the molecule is C/C(=C\CC[C@@H](C)CC=O)CCl. The van der Waals surface area contributed by atoms with Crippen molar-refractivity contribution in [3.8, 4) is 0 Å². The first-order chi connectivity index (χ1) is 5.70. The normalized spacial score (nSPS) is 14.4.